The van der Waals surface area contributed by atoms with E-state index in [2.05, 4.69) is 19.2 Å². The number of hydrogen-bond donors (Lipinski definition) is 1. The van der Waals surface area contributed by atoms with E-state index in [1.807, 2.05) is 0 Å². The molecule has 0 saturated heterocycles. The quantitative estimate of drug-likeness (QED) is 0.496. The predicted molar refractivity (Wildman–Crippen MR) is 55.9 cm³/mol. The molecule has 0 aliphatic carbocycles. The lowest BCUT2D eigenvalue weighted by Crippen LogP contribution is -2.23. The molecule has 14 heavy (non-hydrogen) atoms. The van der Waals surface area contributed by atoms with Crippen LogP contribution in [0.15, 0.2) is 0 Å². The zero-order chi connectivity index (χ0) is 11.0. The average Bonchev–Trinajstić information content (AvgIpc) is 2.00. The van der Waals surface area contributed by atoms with Crippen molar-refractivity contribution < 1.29 is 13.0 Å². The second-order valence-corrected chi connectivity index (χ2v) is 5.35. The fourth-order valence-corrected chi connectivity index (χ4v) is 1.57. The molecule has 0 heterocycles. The van der Waals surface area contributed by atoms with E-state index in [0.29, 0.717) is 6.54 Å². The smallest absolute Gasteiger partial charge is 0.108 e. The summed E-state index contributed by atoms with van der Waals surface area (Å²) >= 11 is 0. The Morgan fingerprint density at radius 2 is 1.86 bits per heavy atom. The lowest BCUT2D eigenvalue weighted by Gasteiger charge is -2.08. The van der Waals surface area contributed by atoms with Crippen LogP contribution in [0.4, 0.5) is 0 Å². The van der Waals surface area contributed by atoms with Gasteiger partial charge in [-0.25, -0.2) is 8.42 Å². The van der Waals surface area contributed by atoms with Crippen LogP contribution < -0.4 is 5.32 Å². The number of unbranched alkanes of at least 4 members (excludes halogenated alkanes) is 2. The summed E-state index contributed by atoms with van der Waals surface area (Å²) in [5.74, 6) is 0.280. The summed E-state index contributed by atoms with van der Waals surface area (Å²) in [6.45, 7) is 4.98. The van der Waals surface area contributed by atoms with Gasteiger partial charge in [0, 0.05) is 0 Å². The molecule has 0 aromatic rings. The van der Waals surface area contributed by atoms with Gasteiger partial charge < -0.3 is 9.87 Å². The van der Waals surface area contributed by atoms with Gasteiger partial charge in [-0.1, -0.05) is 33.1 Å². The van der Waals surface area contributed by atoms with Gasteiger partial charge in [-0.3, -0.25) is 0 Å². The first-order valence-corrected chi connectivity index (χ1v) is 6.64. The van der Waals surface area contributed by atoms with Gasteiger partial charge >= 0.3 is 0 Å². The van der Waals surface area contributed by atoms with Gasteiger partial charge in [-0.2, -0.15) is 0 Å². The van der Waals surface area contributed by atoms with E-state index in [1.165, 1.54) is 12.8 Å². The standard InChI is InChI=1S/C9H21NO3S/c1-9(2)6-4-3-5-7-10-8-14(11,12)13/h9-10H,3-8H2,1-2H3,(H,11,12,13)/p-1. The van der Waals surface area contributed by atoms with E-state index in [-0.39, 0.29) is 0 Å². The maximum Gasteiger partial charge on any atom is 0.108 e. The third kappa shape index (κ3) is 11.9. The topological polar surface area (TPSA) is 69.2 Å². The van der Waals surface area contributed by atoms with E-state index >= 15 is 0 Å². The Bertz CT molecular complexity index is 224. The fraction of sp³-hybridized carbons (Fsp3) is 1.00. The second kappa shape index (κ2) is 7.20. The molecule has 0 radical (unpaired) electrons. The summed E-state index contributed by atoms with van der Waals surface area (Å²) in [6.07, 6.45) is 4.40. The van der Waals surface area contributed by atoms with Crippen LogP contribution in [0.25, 0.3) is 0 Å². The normalized spacial score (nSPS) is 12.3. The fourth-order valence-electron chi connectivity index (χ4n) is 1.18. The Morgan fingerprint density at radius 3 is 2.36 bits per heavy atom. The van der Waals surface area contributed by atoms with Gasteiger partial charge in [0.05, 0.1) is 5.88 Å². The Kier molecular flexibility index (Phi) is 7.13. The van der Waals surface area contributed by atoms with Crippen molar-refractivity contribution in [2.24, 2.45) is 5.92 Å². The predicted octanol–water partition coefficient (Wildman–Crippen LogP) is 1.30. The van der Waals surface area contributed by atoms with Crippen molar-refractivity contribution in [2.45, 2.75) is 39.5 Å². The first-order valence-electron chi connectivity index (χ1n) is 5.06. The molecule has 0 aliphatic heterocycles. The molecule has 86 valence electrons. The molecule has 4 nitrogen and oxygen atoms in total. The molecule has 0 atom stereocenters. The van der Waals surface area contributed by atoms with Gasteiger partial charge in [0.25, 0.3) is 0 Å². The lowest BCUT2D eigenvalue weighted by molar-refractivity contribution is 0.455. The maximum absolute atomic E-state index is 10.2. The zero-order valence-corrected chi connectivity index (χ0v) is 9.77. The lowest BCUT2D eigenvalue weighted by atomic mass is 10.1. The van der Waals surface area contributed by atoms with Crippen LogP contribution in [0, 0.1) is 5.92 Å². The van der Waals surface area contributed by atoms with Crippen molar-refractivity contribution in [3.63, 3.8) is 0 Å². The van der Waals surface area contributed by atoms with E-state index in [4.69, 9.17) is 0 Å². The third-order valence-electron chi connectivity index (χ3n) is 1.91. The molecule has 0 saturated carbocycles. The maximum atomic E-state index is 10.2. The molecule has 0 fully saturated rings. The molecule has 0 amide bonds. The van der Waals surface area contributed by atoms with Crippen molar-refractivity contribution >= 4 is 10.1 Å². The van der Waals surface area contributed by atoms with Gasteiger partial charge in [0.15, 0.2) is 0 Å². The van der Waals surface area contributed by atoms with E-state index in [1.54, 1.807) is 0 Å². The van der Waals surface area contributed by atoms with Crippen molar-refractivity contribution in [3.05, 3.63) is 0 Å². The van der Waals surface area contributed by atoms with Crippen LogP contribution in [-0.2, 0) is 10.1 Å². The van der Waals surface area contributed by atoms with Crippen LogP contribution in [0.1, 0.15) is 39.5 Å². The van der Waals surface area contributed by atoms with Crippen LogP contribution in [0.3, 0.4) is 0 Å². The third-order valence-corrected chi connectivity index (χ3v) is 2.47. The van der Waals surface area contributed by atoms with Crippen molar-refractivity contribution in [1.29, 1.82) is 0 Å². The van der Waals surface area contributed by atoms with Crippen LogP contribution >= 0.6 is 0 Å². The summed E-state index contributed by atoms with van der Waals surface area (Å²) in [5.41, 5.74) is 0. The minimum absolute atomic E-state index is 0.447. The monoisotopic (exact) mass is 222 g/mol. The molecule has 0 unspecified atom stereocenters. The molecule has 0 bridgehead atoms. The second-order valence-electron chi connectivity index (χ2n) is 3.95. The Balaban J connectivity index is 3.15. The molecule has 0 aromatic heterocycles. The molecular weight excluding hydrogens is 202 g/mol. The first-order chi connectivity index (χ1) is 6.42. The van der Waals surface area contributed by atoms with E-state index in [9.17, 15) is 13.0 Å². The largest absolute Gasteiger partial charge is 0.747 e. The SMILES string of the molecule is CC(C)CCCCCNCS(=O)(=O)[O-]. The zero-order valence-electron chi connectivity index (χ0n) is 8.95. The van der Waals surface area contributed by atoms with Crippen molar-refractivity contribution in [3.8, 4) is 0 Å². The summed E-state index contributed by atoms with van der Waals surface area (Å²) in [6, 6.07) is 0. The highest BCUT2D eigenvalue weighted by atomic mass is 32.2. The van der Waals surface area contributed by atoms with Crippen LogP contribution in [-0.4, -0.2) is 25.4 Å². The first kappa shape index (κ1) is 13.9. The highest BCUT2D eigenvalue weighted by Gasteiger charge is 1.95. The summed E-state index contributed by atoms with van der Waals surface area (Å²) < 4.78 is 30.6. The molecular formula is C9H20NO3S-. The Morgan fingerprint density at radius 1 is 1.21 bits per heavy atom. The van der Waals surface area contributed by atoms with Crippen LogP contribution in [0.5, 0.6) is 0 Å². The van der Waals surface area contributed by atoms with Crippen molar-refractivity contribution in [1.82, 2.24) is 5.32 Å². The highest BCUT2D eigenvalue weighted by molar-refractivity contribution is 7.85. The molecule has 1 N–H and O–H groups in total. The average molecular weight is 222 g/mol. The molecule has 0 rings (SSSR count). The Hall–Kier alpha value is -0.130. The van der Waals surface area contributed by atoms with Gasteiger partial charge in [0.1, 0.15) is 10.1 Å². The Labute approximate surface area is 86.8 Å². The van der Waals surface area contributed by atoms with Crippen LogP contribution in [0.2, 0.25) is 0 Å². The molecule has 0 aliphatic rings. The van der Waals surface area contributed by atoms with E-state index in [0.717, 1.165) is 18.8 Å². The summed E-state index contributed by atoms with van der Waals surface area (Å²) in [5, 5.41) is 2.61. The molecule has 0 aromatic carbocycles. The van der Waals surface area contributed by atoms with Gasteiger partial charge in [-0.15, -0.1) is 0 Å². The van der Waals surface area contributed by atoms with E-state index < -0.39 is 16.0 Å². The number of hydrogen-bond acceptors (Lipinski definition) is 4. The number of nitrogens with one attached hydrogen (secondary N) is 1. The van der Waals surface area contributed by atoms with Gasteiger partial charge in [0.2, 0.25) is 0 Å². The molecule has 0 spiro atoms. The minimum Gasteiger partial charge on any atom is -0.747 e. The number of rotatable bonds is 8. The summed E-state index contributed by atoms with van der Waals surface area (Å²) in [7, 11) is -4.09. The van der Waals surface area contributed by atoms with Crippen molar-refractivity contribution in [2.75, 3.05) is 12.4 Å². The summed E-state index contributed by atoms with van der Waals surface area (Å²) in [4.78, 5) is 0. The molecule has 5 heteroatoms. The highest BCUT2D eigenvalue weighted by Crippen LogP contribution is 2.07. The minimum atomic E-state index is -4.09. The van der Waals surface area contributed by atoms with Gasteiger partial charge in [-0.05, 0) is 18.9 Å².